The zero-order chi connectivity index (χ0) is 24.4. The minimum absolute atomic E-state index is 0.0382. The summed E-state index contributed by atoms with van der Waals surface area (Å²) in [4.78, 5) is 45.4. The van der Waals surface area contributed by atoms with Crippen molar-refractivity contribution in [2.75, 3.05) is 26.3 Å². The normalized spacial score (nSPS) is 36.5. The molecule has 7 nitrogen and oxygen atoms in total. The van der Waals surface area contributed by atoms with E-state index in [2.05, 4.69) is 24.3 Å². The van der Waals surface area contributed by atoms with E-state index in [1.165, 1.54) is 6.42 Å². The number of amides is 2. The molecule has 35 heavy (non-hydrogen) atoms. The first-order chi connectivity index (χ1) is 17.1. The topological polar surface area (TPSA) is 87.2 Å². The number of likely N-dealkylation sites (tertiary alicyclic amines) is 1. The summed E-state index contributed by atoms with van der Waals surface area (Å²) in [5.74, 6) is -1.53. The Bertz CT molecular complexity index is 885. The van der Waals surface area contributed by atoms with Crippen molar-refractivity contribution in [2.24, 2.45) is 11.8 Å². The highest BCUT2D eigenvalue weighted by molar-refractivity contribution is 8.02. The van der Waals surface area contributed by atoms with Crippen LogP contribution in [0.4, 0.5) is 0 Å². The van der Waals surface area contributed by atoms with E-state index >= 15 is 0 Å². The summed E-state index contributed by atoms with van der Waals surface area (Å²) in [5.41, 5.74) is 0. The second-order valence-electron chi connectivity index (χ2n) is 10.6. The monoisotopic (exact) mass is 502 g/mol. The molecule has 5 rings (SSSR count). The number of thioether (sulfide) groups is 1. The van der Waals surface area contributed by atoms with Gasteiger partial charge < -0.3 is 19.6 Å². The SMILES string of the molecule is O=C1OCCC/C=C\[C@@H]2S[C@]34C=CCN(C5CCCCC5)C(=O)C3N(CCCCCO)C(=O)[C@@H]4[C@H]12. The first-order valence-electron chi connectivity index (χ1n) is 13.5. The number of aliphatic hydroxyl groups excluding tert-OH is 1. The Morgan fingerprint density at radius 2 is 1.86 bits per heavy atom. The lowest BCUT2D eigenvalue weighted by atomic mass is 9.78. The number of aliphatic hydroxyl groups is 1. The molecule has 2 saturated heterocycles. The Hall–Kier alpha value is -1.80. The Morgan fingerprint density at radius 3 is 2.66 bits per heavy atom. The second-order valence-corrected chi connectivity index (χ2v) is 12.1. The molecule has 8 heteroatoms. The Morgan fingerprint density at radius 1 is 1.03 bits per heavy atom. The lowest BCUT2D eigenvalue weighted by Gasteiger charge is -2.39. The summed E-state index contributed by atoms with van der Waals surface area (Å²) in [6.45, 7) is 1.53. The number of carbonyl (C=O) groups excluding carboxylic acids is 3. The minimum Gasteiger partial charge on any atom is -0.465 e. The van der Waals surface area contributed by atoms with Crippen molar-refractivity contribution < 1.29 is 24.2 Å². The van der Waals surface area contributed by atoms with Crippen molar-refractivity contribution >= 4 is 29.5 Å². The molecule has 1 saturated carbocycles. The molecule has 0 aromatic rings. The van der Waals surface area contributed by atoms with Gasteiger partial charge in [-0.05, 0) is 44.9 Å². The van der Waals surface area contributed by atoms with Gasteiger partial charge in [-0.3, -0.25) is 14.4 Å². The molecule has 3 fully saturated rings. The third-order valence-electron chi connectivity index (χ3n) is 8.45. The van der Waals surface area contributed by atoms with Crippen LogP contribution >= 0.6 is 11.8 Å². The molecule has 1 aliphatic carbocycles. The van der Waals surface area contributed by atoms with Crippen LogP contribution in [-0.4, -0.2) is 81.1 Å². The molecule has 0 aromatic carbocycles. The van der Waals surface area contributed by atoms with Crippen molar-refractivity contribution in [1.29, 1.82) is 0 Å². The van der Waals surface area contributed by atoms with E-state index in [0.717, 1.165) is 51.4 Å². The van der Waals surface area contributed by atoms with E-state index in [9.17, 15) is 19.5 Å². The second kappa shape index (κ2) is 10.7. The number of allylic oxidation sites excluding steroid dienone is 1. The molecule has 1 unspecified atom stereocenters. The van der Waals surface area contributed by atoms with Gasteiger partial charge in [-0.25, -0.2) is 0 Å². The van der Waals surface area contributed by atoms with Crippen molar-refractivity contribution in [2.45, 2.75) is 86.3 Å². The van der Waals surface area contributed by atoms with Crippen LogP contribution in [-0.2, 0) is 19.1 Å². The molecular weight excluding hydrogens is 464 g/mol. The van der Waals surface area contributed by atoms with E-state index in [1.807, 2.05) is 4.90 Å². The standard InChI is InChI=1S/C27H38N2O5S/c30-17-8-3-7-15-29-23-25(32)28(19-11-4-1-5-12-19)16-10-14-27(23)22(24(29)31)21-20(35-27)13-6-2-9-18-34-26(21)33/h6,10,13-14,19-23,30H,1-5,7-9,11-12,15-18H2/b13-6-/t20-,21+,22-,23?,27-/m0/s1. The lowest BCUT2D eigenvalue weighted by Crippen LogP contribution is -2.55. The van der Waals surface area contributed by atoms with Gasteiger partial charge in [0.15, 0.2) is 0 Å². The van der Waals surface area contributed by atoms with Crippen LogP contribution in [0.5, 0.6) is 0 Å². The van der Waals surface area contributed by atoms with E-state index < -0.39 is 22.6 Å². The Balaban J connectivity index is 1.52. The summed E-state index contributed by atoms with van der Waals surface area (Å²) in [6, 6.07) is -0.383. The predicted octanol–water partition coefficient (Wildman–Crippen LogP) is 3.07. The fraction of sp³-hybridized carbons (Fsp3) is 0.741. The molecule has 4 aliphatic heterocycles. The highest BCUT2D eigenvalue weighted by Crippen LogP contribution is 2.60. The fourth-order valence-electron chi connectivity index (χ4n) is 6.80. The van der Waals surface area contributed by atoms with Crippen LogP contribution in [0.1, 0.15) is 64.2 Å². The molecule has 2 amide bonds. The van der Waals surface area contributed by atoms with Crippen molar-refractivity contribution in [3.05, 3.63) is 24.3 Å². The van der Waals surface area contributed by atoms with E-state index in [1.54, 1.807) is 16.7 Å². The lowest BCUT2D eigenvalue weighted by molar-refractivity contribution is -0.153. The van der Waals surface area contributed by atoms with Gasteiger partial charge in [0.25, 0.3) is 0 Å². The molecule has 4 heterocycles. The van der Waals surface area contributed by atoms with Crippen LogP contribution in [0.15, 0.2) is 24.3 Å². The molecule has 1 spiro atoms. The first-order valence-corrected chi connectivity index (χ1v) is 14.4. The highest BCUT2D eigenvalue weighted by Gasteiger charge is 2.71. The number of cyclic esters (lactones) is 1. The molecular formula is C27H38N2O5S. The molecule has 192 valence electrons. The van der Waals surface area contributed by atoms with Gasteiger partial charge >= 0.3 is 5.97 Å². The van der Waals surface area contributed by atoms with Crippen LogP contribution in [0.3, 0.4) is 0 Å². The minimum atomic E-state index is -0.757. The number of hydrogen-bond donors (Lipinski definition) is 1. The quantitative estimate of drug-likeness (QED) is 0.341. The number of esters is 1. The number of unbranched alkanes of at least 4 members (excludes halogenated alkanes) is 2. The summed E-state index contributed by atoms with van der Waals surface area (Å²) in [5, 5.41) is 9.03. The van der Waals surface area contributed by atoms with Crippen LogP contribution < -0.4 is 0 Å². The molecule has 0 aromatic heterocycles. The third kappa shape index (κ3) is 4.45. The van der Waals surface area contributed by atoms with Gasteiger partial charge in [-0.2, -0.15) is 0 Å². The average Bonchev–Trinajstić information content (AvgIpc) is 3.27. The summed E-state index contributed by atoms with van der Waals surface area (Å²) >= 11 is 1.62. The summed E-state index contributed by atoms with van der Waals surface area (Å²) < 4.78 is 4.86. The van der Waals surface area contributed by atoms with Gasteiger partial charge in [-0.15, -0.1) is 11.8 Å². The predicted molar refractivity (Wildman–Crippen MR) is 135 cm³/mol. The number of carbonyl (C=O) groups is 3. The maximum Gasteiger partial charge on any atom is 0.311 e. The first kappa shape index (κ1) is 24.9. The smallest absolute Gasteiger partial charge is 0.311 e. The summed E-state index contributed by atoms with van der Waals surface area (Å²) in [6.07, 6.45) is 17.7. The molecule has 1 N–H and O–H groups in total. The van der Waals surface area contributed by atoms with E-state index in [4.69, 9.17) is 4.74 Å². The summed E-state index contributed by atoms with van der Waals surface area (Å²) in [7, 11) is 0. The Labute approximate surface area is 212 Å². The van der Waals surface area contributed by atoms with E-state index in [0.29, 0.717) is 26.1 Å². The van der Waals surface area contributed by atoms with Gasteiger partial charge in [0, 0.05) is 31.0 Å². The average molecular weight is 503 g/mol. The van der Waals surface area contributed by atoms with Gasteiger partial charge in [0.1, 0.15) is 6.04 Å². The van der Waals surface area contributed by atoms with Gasteiger partial charge in [0.2, 0.25) is 11.8 Å². The maximum atomic E-state index is 14.3. The van der Waals surface area contributed by atoms with Crippen LogP contribution in [0.25, 0.3) is 0 Å². The maximum absolute atomic E-state index is 14.3. The van der Waals surface area contributed by atoms with Gasteiger partial charge in [-0.1, -0.05) is 43.6 Å². The Kier molecular flexibility index (Phi) is 7.58. The largest absolute Gasteiger partial charge is 0.465 e. The highest BCUT2D eigenvalue weighted by atomic mass is 32.2. The molecule has 5 aliphatic rings. The number of hydrogen-bond acceptors (Lipinski definition) is 6. The van der Waals surface area contributed by atoms with Gasteiger partial charge in [0.05, 0.1) is 23.2 Å². The van der Waals surface area contributed by atoms with E-state index in [-0.39, 0.29) is 35.7 Å². The zero-order valence-electron chi connectivity index (χ0n) is 20.5. The zero-order valence-corrected chi connectivity index (χ0v) is 21.3. The number of ether oxygens (including phenoxy) is 1. The molecule has 5 atom stereocenters. The third-order valence-corrected chi connectivity index (χ3v) is 10.2. The van der Waals surface area contributed by atoms with Crippen molar-refractivity contribution in [3.63, 3.8) is 0 Å². The number of rotatable bonds is 6. The molecule has 0 bridgehead atoms. The number of nitrogens with zero attached hydrogens (tertiary/aromatic N) is 2. The van der Waals surface area contributed by atoms with Crippen molar-refractivity contribution in [1.82, 2.24) is 9.80 Å². The van der Waals surface area contributed by atoms with Crippen LogP contribution in [0.2, 0.25) is 0 Å². The van der Waals surface area contributed by atoms with Crippen molar-refractivity contribution in [3.8, 4) is 0 Å². The fourth-order valence-corrected chi connectivity index (χ4v) is 8.80. The molecule has 0 radical (unpaired) electrons. The number of fused-ring (bicyclic) bond motifs is 2. The van der Waals surface area contributed by atoms with Crippen LogP contribution in [0, 0.1) is 11.8 Å².